The van der Waals surface area contributed by atoms with Crippen molar-refractivity contribution in [2.75, 3.05) is 0 Å². The number of hydrogen-bond donors (Lipinski definition) is 3. The van der Waals surface area contributed by atoms with E-state index in [2.05, 4.69) is 0 Å². The molecule has 4 nitrogen and oxygen atoms in total. The third kappa shape index (κ3) is 3.25. The average molecular weight is 287 g/mol. The molecular formula is C14H19F2NO3. The van der Waals surface area contributed by atoms with E-state index >= 15 is 0 Å². The second-order valence-corrected chi connectivity index (χ2v) is 5.91. The van der Waals surface area contributed by atoms with E-state index in [4.69, 9.17) is 10.8 Å². The Morgan fingerprint density at radius 2 is 1.90 bits per heavy atom. The van der Waals surface area contributed by atoms with Gasteiger partial charge in [-0.25, -0.2) is 13.6 Å². The van der Waals surface area contributed by atoms with Crippen LogP contribution in [0.4, 0.5) is 8.78 Å². The number of rotatable bonds is 4. The van der Waals surface area contributed by atoms with Crippen molar-refractivity contribution in [3.05, 3.63) is 29.3 Å². The van der Waals surface area contributed by atoms with Crippen LogP contribution >= 0.6 is 0 Å². The fourth-order valence-electron chi connectivity index (χ4n) is 1.98. The SMILES string of the molecule is CC(C)(C)c1cc(O)ccc1CC(N)(C(=O)O)C(F)F. The number of phenols is 1. The zero-order chi connectivity index (χ0) is 15.7. The fraction of sp³-hybridized carbons (Fsp3) is 0.500. The number of carbonyl (C=O) groups is 1. The van der Waals surface area contributed by atoms with Crippen molar-refractivity contribution in [3.63, 3.8) is 0 Å². The number of carboxylic acid groups (broad SMARTS) is 1. The molecule has 0 aliphatic carbocycles. The van der Waals surface area contributed by atoms with Crippen LogP contribution in [0.2, 0.25) is 0 Å². The average Bonchev–Trinajstić information content (AvgIpc) is 2.29. The van der Waals surface area contributed by atoms with Crippen LogP contribution < -0.4 is 5.73 Å². The van der Waals surface area contributed by atoms with E-state index in [0.717, 1.165) is 0 Å². The second kappa shape index (κ2) is 5.36. The number of phenolic OH excluding ortho intramolecular Hbond substituents is 1. The van der Waals surface area contributed by atoms with Crippen LogP contribution in [-0.2, 0) is 16.6 Å². The summed E-state index contributed by atoms with van der Waals surface area (Å²) in [7, 11) is 0. The molecule has 0 saturated heterocycles. The molecular weight excluding hydrogens is 268 g/mol. The van der Waals surface area contributed by atoms with Crippen LogP contribution in [0.25, 0.3) is 0 Å². The van der Waals surface area contributed by atoms with Gasteiger partial charge in [-0.05, 0) is 28.7 Å². The van der Waals surface area contributed by atoms with Gasteiger partial charge in [0, 0.05) is 6.42 Å². The molecule has 1 rings (SSSR count). The minimum absolute atomic E-state index is 0.00586. The lowest BCUT2D eigenvalue weighted by atomic mass is 9.79. The van der Waals surface area contributed by atoms with E-state index in [1.54, 1.807) is 0 Å². The molecule has 0 aliphatic heterocycles. The maximum absolute atomic E-state index is 13.0. The van der Waals surface area contributed by atoms with Crippen LogP contribution in [-0.4, -0.2) is 28.1 Å². The van der Waals surface area contributed by atoms with Gasteiger partial charge >= 0.3 is 5.97 Å². The zero-order valence-corrected chi connectivity index (χ0v) is 11.7. The van der Waals surface area contributed by atoms with Crippen LogP contribution in [0.15, 0.2) is 18.2 Å². The standard InChI is InChI=1S/C14H19F2NO3/c1-13(2,3)10-6-9(18)5-4-8(10)7-14(17,11(15)16)12(19)20/h4-6,11,18H,7,17H2,1-3H3,(H,19,20). The molecule has 0 spiro atoms. The topological polar surface area (TPSA) is 83.5 Å². The Kier molecular flexibility index (Phi) is 4.39. The predicted molar refractivity (Wildman–Crippen MR) is 71.1 cm³/mol. The first-order valence-electron chi connectivity index (χ1n) is 6.11. The van der Waals surface area contributed by atoms with Gasteiger partial charge in [-0.1, -0.05) is 26.8 Å². The quantitative estimate of drug-likeness (QED) is 0.793. The van der Waals surface area contributed by atoms with Crippen LogP contribution in [0.5, 0.6) is 5.75 Å². The van der Waals surface area contributed by atoms with Crippen molar-refractivity contribution < 1.29 is 23.8 Å². The van der Waals surface area contributed by atoms with E-state index in [-0.39, 0.29) is 5.75 Å². The molecule has 112 valence electrons. The van der Waals surface area contributed by atoms with E-state index in [0.29, 0.717) is 11.1 Å². The van der Waals surface area contributed by atoms with Crippen molar-refractivity contribution in [2.45, 2.75) is 44.6 Å². The first kappa shape index (κ1) is 16.4. The number of aliphatic carboxylic acids is 1. The van der Waals surface area contributed by atoms with E-state index < -0.39 is 29.8 Å². The summed E-state index contributed by atoms with van der Waals surface area (Å²) in [6, 6.07) is 4.21. The van der Waals surface area contributed by atoms with E-state index in [1.807, 2.05) is 20.8 Å². The highest BCUT2D eigenvalue weighted by atomic mass is 19.3. The number of nitrogens with two attached hydrogens (primary N) is 1. The number of hydrogen-bond acceptors (Lipinski definition) is 3. The molecule has 0 heterocycles. The Morgan fingerprint density at radius 3 is 2.30 bits per heavy atom. The summed E-state index contributed by atoms with van der Waals surface area (Å²) in [4.78, 5) is 11.0. The molecule has 0 saturated carbocycles. The Balaban J connectivity index is 3.31. The summed E-state index contributed by atoms with van der Waals surface area (Å²) in [5.74, 6) is -1.76. The van der Waals surface area contributed by atoms with Gasteiger partial charge in [0.1, 0.15) is 5.75 Å². The van der Waals surface area contributed by atoms with Gasteiger partial charge in [0.15, 0.2) is 5.54 Å². The lowest BCUT2D eigenvalue weighted by Crippen LogP contribution is -2.56. The van der Waals surface area contributed by atoms with E-state index in [9.17, 15) is 18.7 Å². The van der Waals surface area contributed by atoms with Gasteiger partial charge in [-0.3, -0.25) is 0 Å². The van der Waals surface area contributed by atoms with Gasteiger partial charge in [0.05, 0.1) is 0 Å². The third-order valence-corrected chi connectivity index (χ3v) is 3.17. The van der Waals surface area contributed by atoms with E-state index in [1.165, 1.54) is 18.2 Å². The Morgan fingerprint density at radius 1 is 1.35 bits per heavy atom. The molecule has 20 heavy (non-hydrogen) atoms. The molecule has 0 amide bonds. The highest BCUT2D eigenvalue weighted by molar-refractivity contribution is 5.79. The van der Waals surface area contributed by atoms with Gasteiger partial charge in [-0.2, -0.15) is 0 Å². The smallest absolute Gasteiger partial charge is 0.330 e. The molecule has 4 N–H and O–H groups in total. The van der Waals surface area contributed by atoms with Crippen LogP contribution in [0.3, 0.4) is 0 Å². The van der Waals surface area contributed by atoms with Gasteiger partial charge < -0.3 is 15.9 Å². The normalized spacial score (nSPS) is 15.2. The lowest BCUT2D eigenvalue weighted by molar-refractivity contribution is -0.149. The van der Waals surface area contributed by atoms with Crippen molar-refractivity contribution in [2.24, 2.45) is 5.73 Å². The summed E-state index contributed by atoms with van der Waals surface area (Å²) in [5, 5.41) is 18.5. The maximum atomic E-state index is 13.0. The first-order valence-corrected chi connectivity index (χ1v) is 6.11. The van der Waals surface area contributed by atoms with Gasteiger partial charge in [0.25, 0.3) is 6.43 Å². The van der Waals surface area contributed by atoms with Crippen molar-refractivity contribution in [1.82, 2.24) is 0 Å². The molecule has 1 unspecified atom stereocenters. The summed E-state index contributed by atoms with van der Waals surface area (Å²) >= 11 is 0. The largest absolute Gasteiger partial charge is 0.508 e. The van der Waals surface area contributed by atoms with Crippen molar-refractivity contribution >= 4 is 5.97 Å². The monoisotopic (exact) mass is 287 g/mol. The van der Waals surface area contributed by atoms with Crippen LogP contribution in [0.1, 0.15) is 31.9 Å². The highest BCUT2D eigenvalue weighted by Gasteiger charge is 2.44. The number of aromatic hydroxyl groups is 1. The second-order valence-electron chi connectivity index (χ2n) is 5.91. The summed E-state index contributed by atoms with van der Waals surface area (Å²) < 4.78 is 25.9. The summed E-state index contributed by atoms with van der Waals surface area (Å²) in [6.07, 6.45) is -3.70. The molecule has 1 aromatic carbocycles. The molecule has 0 aromatic heterocycles. The first-order chi connectivity index (χ1) is 8.98. The minimum atomic E-state index is -3.19. The Bertz CT molecular complexity index is 512. The number of carboxylic acids is 1. The summed E-state index contributed by atoms with van der Waals surface area (Å²) in [6.45, 7) is 5.52. The maximum Gasteiger partial charge on any atom is 0.330 e. The molecule has 1 atom stereocenters. The molecule has 0 bridgehead atoms. The fourth-order valence-corrected chi connectivity index (χ4v) is 1.98. The third-order valence-electron chi connectivity index (χ3n) is 3.17. The zero-order valence-electron chi connectivity index (χ0n) is 11.7. The predicted octanol–water partition coefficient (Wildman–Crippen LogP) is 2.28. The lowest BCUT2D eigenvalue weighted by Gasteiger charge is -2.28. The van der Waals surface area contributed by atoms with Crippen molar-refractivity contribution in [3.8, 4) is 5.75 Å². The Labute approximate surface area is 116 Å². The molecule has 0 aliphatic rings. The highest BCUT2D eigenvalue weighted by Crippen LogP contribution is 2.32. The number of benzene rings is 1. The van der Waals surface area contributed by atoms with Crippen molar-refractivity contribution in [1.29, 1.82) is 0 Å². The number of alkyl halides is 2. The Hall–Kier alpha value is -1.69. The molecule has 1 aromatic rings. The van der Waals surface area contributed by atoms with Crippen LogP contribution in [0, 0.1) is 0 Å². The summed E-state index contributed by atoms with van der Waals surface area (Å²) in [5.41, 5.74) is 3.26. The van der Waals surface area contributed by atoms with Gasteiger partial charge in [0.2, 0.25) is 0 Å². The molecule has 0 radical (unpaired) electrons. The molecule has 0 fully saturated rings. The minimum Gasteiger partial charge on any atom is -0.508 e. The molecule has 6 heteroatoms. The number of halogens is 2. The van der Waals surface area contributed by atoms with Gasteiger partial charge in [-0.15, -0.1) is 0 Å².